The zero-order valence-electron chi connectivity index (χ0n) is 16.7. The van der Waals surface area contributed by atoms with Crippen LogP contribution in [0.15, 0.2) is 66.3 Å². The molecule has 0 aliphatic heterocycles. The Balaban J connectivity index is 1.47. The normalized spacial score (nSPS) is 11.2. The van der Waals surface area contributed by atoms with E-state index in [2.05, 4.69) is 25.6 Å². The summed E-state index contributed by atoms with van der Waals surface area (Å²) in [6, 6.07) is 11.5. The third-order valence-corrected chi connectivity index (χ3v) is 4.06. The third-order valence-electron chi connectivity index (χ3n) is 4.06. The molecule has 0 saturated carbocycles. The van der Waals surface area contributed by atoms with Crippen molar-refractivity contribution in [2.75, 3.05) is 26.8 Å². The van der Waals surface area contributed by atoms with Crippen molar-refractivity contribution >= 4 is 5.96 Å². The lowest BCUT2D eigenvalue weighted by Gasteiger charge is -2.12. The van der Waals surface area contributed by atoms with E-state index in [1.54, 1.807) is 19.6 Å². The number of nitrogens with one attached hydrogen (secondary N) is 2. The molecule has 8 nitrogen and oxygen atoms in total. The number of pyridine rings is 1. The number of ether oxygens (including phenoxy) is 2. The Morgan fingerprint density at radius 3 is 2.59 bits per heavy atom. The molecule has 0 bridgehead atoms. The van der Waals surface area contributed by atoms with Crippen molar-refractivity contribution in [2.24, 2.45) is 4.99 Å². The minimum atomic E-state index is 0.526. The lowest BCUT2D eigenvalue weighted by Crippen LogP contribution is -2.39. The van der Waals surface area contributed by atoms with Gasteiger partial charge in [-0.25, -0.2) is 15.0 Å². The van der Waals surface area contributed by atoms with Gasteiger partial charge in [-0.05, 0) is 42.8 Å². The second-order valence-electron chi connectivity index (χ2n) is 6.14. The lowest BCUT2D eigenvalue weighted by atomic mass is 10.3. The average Bonchev–Trinajstić information content (AvgIpc) is 3.30. The molecule has 3 aromatic rings. The summed E-state index contributed by atoms with van der Waals surface area (Å²) in [5.74, 6) is 3.18. The summed E-state index contributed by atoms with van der Waals surface area (Å²) in [6.45, 7) is 4.51. The Labute approximate surface area is 170 Å². The first-order valence-corrected chi connectivity index (χ1v) is 9.51. The Bertz CT molecular complexity index is 877. The molecule has 0 atom stereocenters. The molecule has 0 spiro atoms. The fourth-order valence-electron chi connectivity index (χ4n) is 2.58. The van der Waals surface area contributed by atoms with Gasteiger partial charge in [0.2, 0.25) is 0 Å². The molecule has 29 heavy (non-hydrogen) atoms. The fourth-order valence-corrected chi connectivity index (χ4v) is 2.58. The summed E-state index contributed by atoms with van der Waals surface area (Å²) in [5, 5.41) is 6.51. The van der Waals surface area contributed by atoms with Crippen LogP contribution >= 0.6 is 0 Å². The van der Waals surface area contributed by atoms with Gasteiger partial charge in [0.05, 0.1) is 20.2 Å². The number of hydrogen-bond donors (Lipinski definition) is 2. The van der Waals surface area contributed by atoms with Gasteiger partial charge in [0.25, 0.3) is 0 Å². The van der Waals surface area contributed by atoms with Crippen LogP contribution in [0.5, 0.6) is 11.5 Å². The molecule has 0 saturated heterocycles. The predicted molar refractivity (Wildman–Crippen MR) is 113 cm³/mol. The standard InChI is InChI=1S/C21H26N6O2/c1-3-23-21(24-11-13-29-19-7-5-18(28-2)6-8-19)26-15-17-4-9-20(25-14-17)27-12-10-22-16-27/h4-10,12,14,16H,3,11,13,15H2,1-2H3,(H2,23,24,26). The molecule has 2 aromatic heterocycles. The van der Waals surface area contributed by atoms with Crippen molar-refractivity contribution < 1.29 is 9.47 Å². The molecule has 0 amide bonds. The summed E-state index contributed by atoms with van der Waals surface area (Å²) in [5.41, 5.74) is 1.03. The van der Waals surface area contributed by atoms with E-state index in [1.807, 2.05) is 60.3 Å². The minimum absolute atomic E-state index is 0.526. The van der Waals surface area contributed by atoms with Crippen LogP contribution in [0.4, 0.5) is 0 Å². The van der Waals surface area contributed by atoms with Crippen LogP contribution in [0.25, 0.3) is 5.82 Å². The van der Waals surface area contributed by atoms with Crippen molar-refractivity contribution in [3.63, 3.8) is 0 Å². The van der Waals surface area contributed by atoms with Gasteiger partial charge in [0.15, 0.2) is 5.96 Å². The summed E-state index contributed by atoms with van der Waals surface area (Å²) in [7, 11) is 1.64. The third kappa shape index (κ3) is 6.24. The van der Waals surface area contributed by atoms with Crippen molar-refractivity contribution in [1.82, 2.24) is 25.2 Å². The molecule has 152 valence electrons. The molecule has 8 heteroatoms. The quantitative estimate of drug-likeness (QED) is 0.329. The average molecular weight is 394 g/mol. The predicted octanol–water partition coefficient (Wildman–Crippen LogP) is 2.41. The first kappa shape index (κ1) is 20.2. The summed E-state index contributed by atoms with van der Waals surface area (Å²) in [6.07, 6.45) is 7.14. The molecular formula is C21H26N6O2. The Kier molecular flexibility index (Phi) is 7.45. The first-order valence-electron chi connectivity index (χ1n) is 9.51. The van der Waals surface area contributed by atoms with Gasteiger partial charge in [-0.2, -0.15) is 0 Å². The monoisotopic (exact) mass is 394 g/mol. The van der Waals surface area contributed by atoms with Crippen LogP contribution in [-0.4, -0.2) is 47.3 Å². The van der Waals surface area contributed by atoms with Crippen LogP contribution in [0.1, 0.15) is 12.5 Å². The van der Waals surface area contributed by atoms with Crippen LogP contribution in [-0.2, 0) is 6.54 Å². The van der Waals surface area contributed by atoms with Gasteiger partial charge in [-0.3, -0.25) is 4.57 Å². The zero-order valence-corrected chi connectivity index (χ0v) is 16.7. The van der Waals surface area contributed by atoms with Gasteiger partial charge < -0.3 is 20.1 Å². The van der Waals surface area contributed by atoms with Crippen molar-refractivity contribution in [3.8, 4) is 17.3 Å². The topological polar surface area (TPSA) is 85.6 Å². The van der Waals surface area contributed by atoms with Crippen molar-refractivity contribution in [1.29, 1.82) is 0 Å². The number of benzene rings is 1. The van der Waals surface area contributed by atoms with Gasteiger partial charge >= 0.3 is 0 Å². The van der Waals surface area contributed by atoms with Crippen molar-refractivity contribution in [3.05, 3.63) is 66.9 Å². The molecule has 0 unspecified atom stereocenters. The van der Waals surface area contributed by atoms with Gasteiger partial charge in [0.1, 0.15) is 30.3 Å². The number of guanidine groups is 1. The van der Waals surface area contributed by atoms with Gasteiger partial charge in [-0.15, -0.1) is 0 Å². The molecule has 3 rings (SSSR count). The van der Waals surface area contributed by atoms with Crippen LogP contribution in [0, 0.1) is 0 Å². The highest BCUT2D eigenvalue weighted by Gasteiger charge is 2.01. The van der Waals surface area contributed by atoms with Crippen molar-refractivity contribution in [2.45, 2.75) is 13.5 Å². The summed E-state index contributed by atoms with van der Waals surface area (Å²) < 4.78 is 12.7. The SMILES string of the molecule is CCNC(=NCc1ccc(-n2ccnc2)nc1)NCCOc1ccc(OC)cc1. The molecule has 1 aromatic carbocycles. The zero-order chi connectivity index (χ0) is 20.3. The Morgan fingerprint density at radius 2 is 1.93 bits per heavy atom. The van der Waals surface area contributed by atoms with E-state index in [0.717, 1.165) is 35.4 Å². The largest absolute Gasteiger partial charge is 0.497 e. The molecular weight excluding hydrogens is 368 g/mol. The van der Waals surface area contributed by atoms with E-state index in [1.165, 1.54) is 0 Å². The van der Waals surface area contributed by atoms with Crippen LogP contribution in [0.3, 0.4) is 0 Å². The number of nitrogens with zero attached hydrogens (tertiary/aromatic N) is 4. The number of methoxy groups -OCH3 is 1. The number of imidazole rings is 1. The second-order valence-corrected chi connectivity index (χ2v) is 6.14. The number of rotatable bonds is 9. The van der Waals surface area contributed by atoms with E-state index in [-0.39, 0.29) is 0 Å². The van der Waals surface area contributed by atoms with Gasteiger partial charge in [-0.1, -0.05) is 6.07 Å². The molecule has 0 aliphatic rings. The van der Waals surface area contributed by atoms with E-state index in [0.29, 0.717) is 19.7 Å². The molecule has 0 fully saturated rings. The summed E-state index contributed by atoms with van der Waals surface area (Å²) >= 11 is 0. The van der Waals surface area contributed by atoms with Crippen LogP contribution < -0.4 is 20.1 Å². The van der Waals surface area contributed by atoms with E-state index < -0.39 is 0 Å². The number of hydrogen-bond acceptors (Lipinski definition) is 5. The smallest absolute Gasteiger partial charge is 0.191 e. The molecule has 0 aliphatic carbocycles. The highest BCUT2D eigenvalue weighted by Crippen LogP contribution is 2.16. The molecule has 2 heterocycles. The highest BCUT2D eigenvalue weighted by atomic mass is 16.5. The summed E-state index contributed by atoms with van der Waals surface area (Å²) in [4.78, 5) is 13.1. The number of aliphatic imine (C=N–C) groups is 1. The first-order chi connectivity index (χ1) is 14.3. The molecule has 0 radical (unpaired) electrons. The maximum absolute atomic E-state index is 5.73. The van der Waals surface area contributed by atoms with E-state index in [9.17, 15) is 0 Å². The fraction of sp³-hybridized carbons (Fsp3) is 0.286. The maximum Gasteiger partial charge on any atom is 0.191 e. The number of aromatic nitrogens is 3. The highest BCUT2D eigenvalue weighted by molar-refractivity contribution is 5.79. The Morgan fingerprint density at radius 1 is 1.10 bits per heavy atom. The maximum atomic E-state index is 5.73. The van der Waals surface area contributed by atoms with Crippen LogP contribution in [0.2, 0.25) is 0 Å². The Hall–Kier alpha value is -3.55. The minimum Gasteiger partial charge on any atom is -0.497 e. The second kappa shape index (κ2) is 10.7. The lowest BCUT2D eigenvalue weighted by molar-refractivity contribution is 0.321. The van der Waals surface area contributed by atoms with E-state index >= 15 is 0 Å². The van der Waals surface area contributed by atoms with Gasteiger partial charge in [0, 0.05) is 25.1 Å². The van der Waals surface area contributed by atoms with E-state index in [4.69, 9.17) is 9.47 Å². The molecule has 2 N–H and O–H groups in total.